The Kier molecular flexibility index (Phi) is 18.6. The maximum Gasteiger partial charge on any atom is 1.00 e. The molecule has 98 valence electrons. The summed E-state index contributed by atoms with van der Waals surface area (Å²) in [4.78, 5) is 0. The van der Waals surface area contributed by atoms with Gasteiger partial charge in [0, 0.05) is 0 Å². The van der Waals surface area contributed by atoms with Crippen molar-refractivity contribution < 1.29 is 60.1 Å². The minimum Gasteiger partial charge on any atom is 1.00 e. The van der Waals surface area contributed by atoms with Gasteiger partial charge in [0.25, 0.3) is 0 Å². The van der Waals surface area contributed by atoms with Gasteiger partial charge in [0.05, 0.1) is 0 Å². The minimum atomic E-state index is -2.86. The molecule has 0 aromatic carbocycles. The zero-order valence-corrected chi connectivity index (χ0v) is 17.1. The van der Waals surface area contributed by atoms with Crippen molar-refractivity contribution in [2.75, 3.05) is 5.75 Å². The quantitative estimate of drug-likeness (QED) is 0.400. The first-order valence-electron chi connectivity index (χ1n) is 6.50. The Balaban J connectivity index is 0. The van der Waals surface area contributed by atoms with Crippen molar-refractivity contribution in [3.8, 4) is 0 Å². The van der Waals surface area contributed by atoms with E-state index in [1.165, 1.54) is 51.4 Å². The van der Waals surface area contributed by atoms with Gasteiger partial charge in [-0.15, -0.1) is 0 Å². The SMILES string of the molecule is CCCCCCCCCCCCS(=O)([O-])=[Se].[K+]. The summed E-state index contributed by atoms with van der Waals surface area (Å²) in [6.07, 6.45) is 12.4. The Morgan fingerprint density at radius 3 is 1.59 bits per heavy atom. The molecule has 0 saturated heterocycles. The molecule has 0 rings (SSSR count). The van der Waals surface area contributed by atoms with Crippen LogP contribution in [0.3, 0.4) is 0 Å². The summed E-state index contributed by atoms with van der Waals surface area (Å²) in [5.74, 6) is 0.309. The summed E-state index contributed by atoms with van der Waals surface area (Å²) in [5.41, 5.74) is 0. The fraction of sp³-hybridized carbons (Fsp3) is 1.00. The van der Waals surface area contributed by atoms with E-state index in [0.717, 1.165) is 12.8 Å². The molecule has 0 N–H and O–H groups in total. The first-order chi connectivity index (χ1) is 7.56. The Morgan fingerprint density at radius 2 is 1.24 bits per heavy atom. The Morgan fingerprint density at radius 1 is 0.882 bits per heavy atom. The van der Waals surface area contributed by atoms with Crippen LogP contribution in [0.4, 0.5) is 0 Å². The van der Waals surface area contributed by atoms with Crippen molar-refractivity contribution in [1.82, 2.24) is 0 Å². The number of unbranched alkanes of at least 4 members (excludes halogenated alkanes) is 9. The van der Waals surface area contributed by atoms with Crippen LogP contribution < -0.4 is 51.4 Å². The third kappa shape index (κ3) is 20.7. The van der Waals surface area contributed by atoms with Gasteiger partial charge in [-0.25, -0.2) is 0 Å². The summed E-state index contributed by atoms with van der Waals surface area (Å²) in [6.45, 7) is 2.24. The van der Waals surface area contributed by atoms with Crippen LogP contribution in [0, 0.1) is 0 Å². The predicted molar refractivity (Wildman–Crippen MR) is 71.4 cm³/mol. The standard InChI is InChI=1S/C12H26O2SSe.K/c1-2-3-4-5-6-7-8-9-10-11-12-15(13,14)16;/h2-12H2,1H3,(H,13,14,16);/q;+1/p-1. The van der Waals surface area contributed by atoms with E-state index < -0.39 is 8.14 Å². The summed E-state index contributed by atoms with van der Waals surface area (Å²) in [6, 6.07) is 0. The van der Waals surface area contributed by atoms with E-state index in [1.54, 1.807) is 0 Å². The Bertz CT molecular complexity index is 243. The van der Waals surface area contributed by atoms with Crippen LogP contribution in [-0.4, -0.2) is 28.9 Å². The second kappa shape index (κ2) is 14.7. The van der Waals surface area contributed by atoms with Gasteiger partial charge in [0.2, 0.25) is 0 Å². The van der Waals surface area contributed by atoms with Crippen LogP contribution in [-0.2, 0) is 8.14 Å². The maximum absolute atomic E-state index is 10.8. The molecule has 5 heteroatoms. The molecule has 0 amide bonds. The summed E-state index contributed by atoms with van der Waals surface area (Å²) < 4.78 is 21.6. The molecule has 0 fully saturated rings. The van der Waals surface area contributed by atoms with Gasteiger partial charge in [-0.05, 0) is 0 Å². The van der Waals surface area contributed by atoms with Gasteiger partial charge in [-0.2, -0.15) is 0 Å². The molecule has 0 spiro atoms. The van der Waals surface area contributed by atoms with Crippen molar-refractivity contribution in [2.45, 2.75) is 71.1 Å². The van der Waals surface area contributed by atoms with Crippen LogP contribution in [0.5, 0.6) is 0 Å². The second-order valence-electron chi connectivity index (χ2n) is 4.44. The maximum atomic E-state index is 10.8. The molecule has 0 aromatic heterocycles. The first-order valence-corrected chi connectivity index (χ1v) is 10.2. The monoisotopic (exact) mass is 352 g/mol. The smallest absolute Gasteiger partial charge is 1.00 e. The minimum absolute atomic E-state index is 0. The molecule has 0 aromatic rings. The van der Waals surface area contributed by atoms with Crippen LogP contribution in [0.2, 0.25) is 0 Å². The fourth-order valence-corrected chi connectivity index (χ4v) is 3.07. The molecule has 2 nitrogen and oxygen atoms in total. The van der Waals surface area contributed by atoms with Crippen molar-refractivity contribution in [3.63, 3.8) is 0 Å². The molecule has 0 aliphatic heterocycles. The van der Waals surface area contributed by atoms with Crippen LogP contribution in [0.1, 0.15) is 71.1 Å². The van der Waals surface area contributed by atoms with E-state index in [0.29, 0.717) is 5.75 Å². The topological polar surface area (TPSA) is 40.1 Å². The van der Waals surface area contributed by atoms with Crippen molar-refractivity contribution in [1.29, 1.82) is 0 Å². The third-order valence-electron chi connectivity index (χ3n) is 2.75. The zero-order valence-electron chi connectivity index (χ0n) is 11.4. The van der Waals surface area contributed by atoms with Gasteiger partial charge in [-0.1, -0.05) is 6.92 Å². The van der Waals surface area contributed by atoms with Gasteiger partial charge in [0.15, 0.2) is 0 Å². The number of rotatable bonds is 11. The van der Waals surface area contributed by atoms with Gasteiger partial charge < -0.3 is 0 Å². The molecular formula is C12H25KO2SSe. The van der Waals surface area contributed by atoms with E-state index >= 15 is 0 Å². The van der Waals surface area contributed by atoms with E-state index in [4.69, 9.17) is 0 Å². The van der Waals surface area contributed by atoms with E-state index in [2.05, 4.69) is 21.3 Å². The number of hydrogen-bond donors (Lipinski definition) is 0. The largest absolute Gasteiger partial charge is 1.00 e. The van der Waals surface area contributed by atoms with Crippen LogP contribution in [0.15, 0.2) is 0 Å². The van der Waals surface area contributed by atoms with Gasteiger partial charge in [-0.3, -0.25) is 0 Å². The third-order valence-corrected chi connectivity index (χ3v) is 4.59. The van der Waals surface area contributed by atoms with Crippen molar-refractivity contribution >= 4 is 22.5 Å². The average molecular weight is 351 g/mol. The molecule has 0 radical (unpaired) electrons. The molecule has 0 heterocycles. The molecule has 0 bridgehead atoms. The zero-order chi connectivity index (χ0) is 12.3. The molecule has 0 aliphatic rings. The van der Waals surface area contributed by atoms with E-state index in [9.17, 15) is 8.76 Å². The molecule has 1 atom stereocenters. The molecular weight excluding hydrogens is 326 g/mol. The summed E-state index contributed by atoms with van der Waals surface area (Å²) in [7, 11) is -2.86. The normalized spacial score (nSPS) is 14.0. The average Bonchev–Trinajstić information content (AvgIpc) is 2.19. The second-order valence-corrected chi connectivity index (χ2v) is 9.16. The van der Waals surface area contributed by atoms with Crippen LogP contribution >= 0.6 is 0 Å². The first kappa shape index (κ1) is 21.6. The van der Waals surface area contributed by atoms with Gasteiger partial charge >= 0.3 is 153 Å². The molecule has 0 saturated carbocycles. The van der Waals surface area contributed by atoms with E-state index in [-0.39, 0.29) is 51.4 Å². The van der Waals surface area contributed by atoms with Gasteiger partial charge in [0.1, 0.15) is 0 Å². The summed E-state index contributed by atoms with van der Waals surface area (Å²) in [5, 5.41) is 0. The van der Waals surface area contributed by atoms with Crippen molar-refractivity contribution in [2.24, 2.45) is 0 Å². The van der Waals surface area contributed by atoms with Crippen LogP contribution in [0.25, 0.3) is 0 Å². The molecule has 1 unspecified atom stereocenters. The Hall–Kier alpha value is 2.27. The van der Waals surface area contributed by atoms with Crippen molar-refractivity contribution in [3.05, 3.63) is 0 Å². The fourth-order valence-electron chi connectivity index (χ4n) is 1.77. The Labute approximate surface area is 157 Å². The van der Waals surface area contributed by atoms with E-state index in [1.807, 2.05) is 0 Å². The molecule has 0 aliphatic carbocycles. The predicted octanol–water partition coefficient (Wildman–Crippen LogP) is 0.410. The number of hydrogen-bond acceptors (Lipinski definition) is 2. The molecule has 17 heavy (non-hydrogen) atoms. The summed E-state index contributed by atoms with van der Waals surface area (Å²) >= 11 is 2.22.